The molecule has 1 aromatic carbocycles. The smallest absolute Gasteiger partial charge is 0.338 e. The molecule has 3 aliphatic carbocycles. The van der Waals surface area contributed by atoms with E-state index in [4.69, 9.17) is 28.4 Å². The number of benzene rings is 1. The van der Waals surface area contributed by atoms with Crippen molar-refractivity contribution in [2.75, 3.05) is 6.61 Å². The summed E-state index contributed by atoms with van der Waals surface area (Å²) < 4.78 is 39.0. The summed E-state index contributed by atoms with van der Waals surface area (Å²) in [5, 5.41) is 24.7. The molecule has 6 aliphatic rings. The van der Waals surface area contributed by atoms with Crippen molar-refractivity contribution in [1.29, 1.82) is 0 Å². The van der Waals surface area contributed by atoms with Crippen molar-refractivity contribution in [1.82, 2.24) is 0 Å². The highest BCUT2D eigenvalue weighted by Crippen LogP contribution is 2.73. The molecule has 0 amide bonds. The molecule has 50 heavy (non-hydrogen) atoms. The summed E-state index contributed by atoms with van der Waals surface area (Å²) in [4.78, 5) is 39.9. The lowest BCUT2D eigenvalue weighted by molar-refractivity contribution is -0.407. The number of rotatable bonds is 11. The second-order valence-electron chi connectivity index (χ2n) is 14.7. The van der Waals surface area contributed by atoms with Crippen molar-refractivity contribution in [3.05, 3.63) is 84.0 Å². The van der Waals surface area contributed by atoms with Gasteiger partial charge in [0, 0.05) is 30.8 Å². The maximum atomic E-state index is 14.0. The van der Waals surface area contributed by atoms with Gasteiger partial charge in [-0.25, -0.2) is 4.79 Å². The lowest BCUT2D eigenvalue weighted by atomic mass is 9.53. The number of hydrogen-bond donors (Lipinski definition) is 2. The van der Waals surface area contributed by atoms with Crippen LogP contribution in [0.5, 0.6) is 0 Å². The molecule has 0 aromatic heterocycles. The summed E-state index contributed by atoms with van der Waals surface area (Å²) in [5.41, 5.74) is -6.19. The molecule has 268 valence electrons. The maximum Gasteiger partial charge on any atom is 0.338 e. The Morgan fingerprint density at radius 1 is 1.06 bits per heavy atom. The lowest BCUT2D eigenvalue weighted by Gasteiger charge is -2.61. The first-order chi connectivity index (χ1) is 23.7. The SMILES string of the molecule is C=C(C)[C@@]12OC3(/C=C/C=C/CCCCC)O[C@@H]1[C@@H]1[C@@H]4O[C@]4(COC(C)=O)[C@@H](O)[C@]4(O)C(=O)C(C)=C[C@H]4[C@@]1(O3)[C@H](C)[C@H]2OC(=O)c1ccccc1. The fourth-order valence-electron chi connectivity index (χ4n) is 9.44. The van der Waals surface area contributed by atoms with Gasteiger partial charge in [-0.3, -0.25) is 9.59 Å². The third-order valence-corrected chi connectivity index (χ3v) is 11.8. The average molecular weight is 691 g/mol. The van der Waals surface area contributed by atoms with Gasteiger partial charge >= 0.3 is 17.9 Å². The Kier molecular flexibility index (Phi) is 8.44. The molecule has 2 N–H and O–H groups in total. The molecule has 3 heterocycles. The molecule has 1 aromatic rings. The quantitative estimate of drug-likeness (QED) is 0.113. The molecular formula is C39H46O11. The van der Waals surface area contributed by atoms with Crippen molar-refractivity contribution >= 4 is 17.7 Å². The van der Waals surface area contributed by atoms with Gasteiger partial charge in [-0.05, 0) is 50.0 Å². The van der Waals surface area contributed by atoms with Crippen LogP contribution in [-0.4, -0.2) is 87.3 Å². The van der Waals surface area contributed by atoms with Gasteiger partial charge in [0.1, 0.15) is 31.0 Å². The number of esters is 2. The minimum Gasteiger partial charge on any atom is -0.463 e. The Hall–Kier alpha value is -3.45. The Bertz CT molecular complexity index is 1680. The van der Waals surface area contributed by atoms with Gasteiger partial charge in [0.05, 0.1) is 11.2 Å². The molecule has 3 aliphatic heterocycles. The number of ether oxygens (including phenoxy) is 6. The van der Waals surface area contributed by atoms with Crippen molar-refractivity contribution in [3.63, 3.8) is 0 Å². The van der Waals surface area contributed by atoms with Crippen LogP contribution in [0.1, 0.15) is 70.7 Å². The van der Waals surface area contributed by atoms with E-state index < -0.39 is 94.9 Å². The van der Waals surface area contributed by atoms with E-state index in [1.165, 1.54) is 6.92 Å². The Balaban J connectivity index is 1.41. The number of allylic oxidation sites excluding steroid dienone is 3. The minimum absolute atomic E-state index is 0.219. The van der Waals surface area contributed by atoms with Gasteiger partial charge in [0.2, 0.25) is 0 Å². The normalized spacial score (nSPS) is 43.6. The van der Waals surface area contributed by atoms with E-state index in [-0.39, 0.29) is 5.57 Å². The molecule has 7 rings (SSSR count). The Labute approximate surface area is 291 Å². The highest BCUT2D eigenvalue weighted by atomic mass is 16.9. The summed E-state index contributed by atoms with van der Waals surface area (Å²) in [6.45, 7) is 12.4. The summed E-state index contributed by atoms with van der Waals surface area (Å²) >= 11 is 0. The largest absolute Gasteiger partial charge is 0.463 e. The lowest BCUT2D eigenvalue weighted by Crippen LogP contribution is -2.76. The van der Waals surface area contributed by atoms with Crippen molar-refractivity contribution < 1.29 is 53.0 Å². The first-order valence-electron chi connectivity index (χ1n) is 17.5. The molecule has 0 spiro atoms. The molecule has 3 saturated heterocycles. The standard InChI is InChI=1S/C39H46O11/c1-7-8-9-10-11-12-16-19-36-48-32-28-31-35(47-31,21-45-25(6)40)34(43)37(44)27(20-23(4)29(37)41)39(28,50-36)24(5)30(38(32,49-36)22(2)3)46-33(42)26-17-14-13-15-18-26/h11-20,24,27-28,30-32,34,43-44H,2,7-10,21H2,1,3-6H3/b12-11+,19-16+/t24-,27-,28+,30-,31+,32-,34-,35+,36?,37-,38+,39+/m1/s1. The molecule has 3 bridgehead atoms. The highest BCUT2D eigenvalue weighted by molar-refractivity contribution is 6.05. The molecule has 0 radical (unpaired) electrons. The molecule has 11 heteroatoms. The second-order valence-corrected chi connectivity index (χ2v) is 14.7. The predicted molar refractivity (Wildman–Crippen MR) is 178 cm³/mol. The fourth-order valence-corrected chi connectivity index (χ4v) is 9.44. The van der Waals surface area contributed by atoms with E-state index in [0.717, 1.165) is 25.7 Å². The van der Waals surface area contributed by atoms with Gasteiger partial charge in [0.25, 0.3) is 0 Å². The molecular weight excluding hydrogens is 644 g/mol. The van der Waals surface area contributed by atoms with E-state index in [9.17, 15) is 24.6 Å². The van der Waals surface area contributed by atoms with E-state index in [1.54, 1.807) is 62.4 Å². The van der Waals surface area contributed by atoms with Gasteiger partial charge in [-0.15, -0.1) is 0 Å². The van der Waals surface area contributed by atoms with Gasteiger partial charge in [-0.1, -0.05) is 75.8 Å². The Morgan fingerprint density at radius 2 is 1.80 bits per heavy atom. The topological polar surface area (TPSA) is 150 Å². The Morgan fingerprint density at radius 3 is 2.48 bits per heavy atom. The number of hydrogen-bond acceptors (Lipinski definition) is 11. The van der Waals surface area contributed by atoms with E-state index in [0.29, 0.717) is 11.1 Å². The van der Waals surface area contributed by atoms with Crippen LogP contribution >= 0.6 is 0 Å². The number of unbranched alkanes of at least 4 members (excludes halogenated alkanes) is 3. The van der Waals surface area contributed by atoms with Gasteiger partial charge in [-0.2, -0.15) is 0 Å². The predicted octanol–water partition coefficient (Wildman–Crippen LogP) is 4.28. The average Bonchev–Trinajstić information content (AvgIpc) is 3.71. The van der Waals surface area contributed by atoms with Gasteiger partial charge < -0.3 is 38.6 Å². The van der Waals surface area contributed by atoms with Crippen LogP contribution in [0.3, 0.4) is 0 Å². The summed E-state index contributed by atoms with van der Waals surface area (Å²) in [7, 11) is 0. The molecule has 5 fully saturated rings. The number of fused-ring (bicyclic) bond motifs is 3. The molecule has 2 saturated carbocycles. The first kappa shape index (κ1) is 35.0. The van der Waals surface area contributed by atoms with E-state index in [1.807, 2.05) is 19.1 Å². The van der Waals surface area contributed by atoms with Crippen LogP contribution in [0, 0.1) is 17.8 Å². The maximum absolute atomic E-state index is 14.0. The number of carbonyl (C=O) groups excluding carboxylic acids is 3. The number of aliphatic hydroxyl groups excluding tert-OH is 1. The van der Waals surface area contributed by atoms with Crippen molar-refractivity contribution in [2.24, 2.45) is 17.8 Å². The third kappa shape index (κ3) is 4.67. The number of epoxide rings is 1. The summed E-state index contributed by atoms with van der Waals surface area (Å²) in [6, 6.07) is 8.54. The number of Topliss-reactive ketones (excluding diaryl/α,β-unsaturated/α-hetero) is 1. The van der Waals surface area contributed by atoms with E-state index in [2.05, 4.69) is 13.5 Å². The van der Waals surface area contributed by atoms with E-state index >= 15 is 0 Å². The molecule has 11 nitrogen and oxygen atoms in total. The highest BCUT2D eigenvalue weighted by Gasteiger charge is 2.90. The van der Waals surface area contributed by atoms with Crippen LogP contribution in [-0.2, 0) is 38.0 Å². The van der Waals surface area contributed by atoms with Crippen LogP contribution < -0.4 is 0 Å². The molecule has 1 unspecified atom stereocenters. The zero-order valence-electron chi connectivity index (χ0n) is 29.1. The van der Waals surface area contributed by atoms with Crippen LogP contribution in [0.2, 0.25) is 0 Å². The number of carbonyl (C=O) groups is 3. The third-order valence-electron chi connectivity index (χ3n) is 11.8. The number of ketones is 1. The van der Waals surface area contributed by atoms with Crippen LogP contribution in [0.15, 0.2) is 78.4 Å². The van der Waals surface area contributed by atoms with Crippen molar-refractivity contribution in [2.45, 2.75) is 113 Å². The fraction of sp³-hybridized carbons (Fsp3) is 0.564. The molecule has 12 atom stereocenters. The van der Waals surface area contributed by atoms with Crippen LogP contribution in [0.25, 0.3) is 0 Å². The van der Waals surface area contributed by atoms with Crippen molar-refractivity contribution in [3.8, 4) is 0 Å². The zero-order valence-corrected chi connectivity index (χ0v) is 29.1. The zero-order chi connectivity index (χ0) is 35.9. The monoisotopic (exact) mass is 690 g/mol. The number of aliphatic hydroxyl groups is 2. The second kappa shape index (κ2) is 12.1. The van der Waals surface area contributed by atoms with Crippen LogP contribution in [0.4, 0.5) is 0 Å². The summed E-state index contributed by atoms with van der Waals surface area (Å²) in [6.07, 6.45) is 8.30. The first-order valence-corrected chi connectivity index (χ1v) is 17.5. The summed E-state index contributed by atoms with van der Waals surface area (Å²) in [5.74, 6) is -6.61. The van der Waals surface area contributed by atoms with Gasteiger partial charge in [0.15, 0.2) is 22.6 Å². The minimum atomic E-state index is -2.46.